The van der Waals surface area contributed by atoms with Crippen LogP contribution in [0.25, 0.3) is 22.3 Å². The Balaban J connectivity index is 1.54. The molecule has 174 valence electrons. The molecule has 0 saturated carbocycles. The SMILES string of the molecule is CN(C)c1cccc(N(C)c2cccc3c2-c2ccccc2C32c3ccccc3-c3ccccc32)c1. The van der Waals surface area contributed by atoms with Crippen LogP contribution in [0.1, 0.15) is 22.3 Å². The van der Waals surface area contributed by atoms with E-state index in [0.717, 1.165) is 0 Å². The quantitative estimate of drug-likeness (QED) is 0.263. The predicted molar refractivity (Wildman–Crippen MR) is 152 cm³/mol. The molecule has 0 atom stereocenters. The highest BCUT2D eigenvalue weighted by Gasteiger charge is 2.52. The third-order valence-corrected chi connectivity index (χ3v) is 8.09. The highest BCUT2D eigenvalue weighted by atomic mass is 15.1. The normalized spacial score (nSPS) is 13.6. The Hall–Kier alpha value is -4.30. The van der Waals surface area contributed by atoms with Gasteiger partial charge in [-0.1, -0.05) is 91.0 Å². The van der Waals surface area contributed by atoms with Gasteiger partial charge in [0.25, 0.3) is 0 Å². The van der Waals surface area contributed by atoms with E-state index < -0.39 is 0 Å². The molecular formula is C34H28N2. The van der Waals surface area contributed by atoms with Gasteiger partial charge in [0.15, 0.2) is 0 Å². The summed E-state index contributed by atoms with van der Waals surface area (Å²) < 4.78 is 0. The molecule has 0 bridgehead atoms. The molecule has 0 fully saturated rings. The van der Waals surface area contributed by atoms with Crippen LogP contribution >= 0.6 is 0 Å². The average Bonchev–Trinajstić information content (AvgIpc) is 3.40. The van der Waals surface area contributed by atoms with Gasteiger partial charge in [-0.05, 0) is 63.2 Å². The summed E-state index contributed by atoms with van der Waals surface area (Å²) in [6.07, 6.45) is 0. The fraction of sp³-hybridized carbons (Fsp3) is 0.118. The third kappa shape index (κ3) is 2.62. The van der Waals surface area contributed by atoms with Crippen LogP contribution in [-0.4, -0.2) is 21.1 Å². The highest BCUT2D eigenvalue weighted by molar-refractivity contribution is 5.99. The molecule has 0 aliphatic heterocycles. The topological polar surface area (TPSA) is 6.48 Å². The summed E-state index contributed by atoms with van der Waals surface area (Å²) in [5.41, 5.74) is 14.1. The smallest absolute Gasteiger partial charge is 0.0726 e. The van der Waals surface area contributed by atoms with E-state index in [-0.39, 0.29) is 5.41 Å². The standard InChI is InChI=1S/C34H28N2/c1-35(2)23-12-10-13-24(22-23)36(3)32-21-11-20-31-33(32)27-16-6-9-19-30(27)34(31)28-17-7-4-14-25(28)26-15-5-8-18-29(26)34/h4-22H,1-3H3. The van der Waals surface area contributed by atoms with E-state index in [1.807, 2.05) is 0 Å². The van der Waals surface area contributed by atoms with Crippen LogP contribution < -0.4 is 9.80 Å². The van der Waals surface area contributed by atoms with Crippen molar-refractivity contribution in [1.29, 1.82) is 0 Å². The second-order valence-corrected chi connectivity index (χ2v) is 10.1. The number of hydrogen-bond donors (Lipinski definition) is 0. The lowest BCUT2D eigenvalue weighted by Crippen LogP contribution is -2.26. The van der Waals surface area contributed by atoms with E-state index in [4.69, 9.17) is 0 Å². The van der Waals surface area contributed by atoms with Crippen molar-refractivity contribution in [3.05, 3.63) is 138 Å². The van der Waals surface area contributed by atoms with Gasteiger partial charge in [0.05, 0.1) is 5.41 Å². The zero-order chi connectivity index (χ0) is 24.4. The fourth-order valence-corrected chi connectivity index (χ4v) is 6.52. The minimum absolute atomic E-state index is 0.304. The van der Waals surface area contributed by atoms with Crippen molar-refractivity contribution in [2.75, 3.05) is 30.9 Å². The van der Waals surface area contributed by atoms with Crippen molar-refractivity contribution < 1.29 is 0 Å². The number of rotatable bonds is 3. The summed E-state index contributed by atoms with van der Waals surface area (Å²) in [4.78, 5) is 4.50. The molecule has 0 heterocycles. The molecule has 2 heteroatoms. The summed E-state index contributed by atoms with van der Waals surface area (Å²) in [6, 6.07) is 42.6. The zero-order valence-corrected chi connectivity index (χ0v) is 20.9. The molecule has 5 aromatic rings. The maximum Gasteiger partial charge on any atom is 0.0726 e. The fourth-order valence-electron chi connectivity index (χ4n) is 6.52. The Morgan fingerprint density at radius 1 is 0.472 bits per heavy atom. The molecule has 0 N–H and O–H groups in total. The lowest BCUT2D eigenvalue weighted by Gasteiger charge is -2.31. The summed E-state index contributed by atoms with van der Waals surface area (Å²) >= 11 is 0. The van der Waals surface area contributed by atoms with E-state index in [0.29, 0.717) is 0 Å². The Bertz CT molecular complexity index is 1600. The van der Waals surface area contributed by atoms with Gasteiger partial charge >= 0.3 is 0 Å². The molecule has 5 aromatic carbocycles. The van der Waals surface area contributed by atoms with Crippen LogP contribution in [0.4, 0.5) is 17.1 Å². The Morgan fingerprint density at radius 3 is 1.61 bits per heavy atom. The second-order valence-electron chi connectivity index (χ2n) is 10.1. The van der Waals surface area contributed by atoms with E-state index in [1.165, 1.54) is 61.6 Å². The third-order valence-electron chi connectivity index (χ3n) is 8.09. The number of benzene rings is 5. The van der Waals surface area contributed by atoms with E-state index >= 15 is 0 Å². The Labute approximate surface area is 213 Å². The molecule has 2 aliphatic rings. The maximum absolute atomic E-state index is 2.35. The number of hydrogen-bond acceptors (Lipinski definition) is 2. The highest BCUT2D eigenvalue weighted by Crippen LogP contribution is 2.64. The molecule has 0 unspecified atom stereocenters. The zero-order valence-electron chi connectivity index (χ0n) is 20.9. The van der Waals surface area contributed by atoms with Crippen molar-refractivity contribution in [2.24, 2.45) is 0 Å². The van der Waals surface area contributed by atoms with E-state index in [1.54, 1.807) is 0 Å². The van der Waals surface area contributed by atoms with Gasteiger partial charge in [-0.3, -0.25) is 0 Å². The van der Waals surface area contributed by atoms with Crippen molar-refractivity contribution in [3.63, 3.8) is 0 Å². The van der Waals surface area contributed by atoms with Gasteiger partial charge in [0.2, 0.25) is 0 Å². The van der Waals surface area contributed by atoms with Gasteiger partial charge in [0, 0.05) is 43.8 Å². The Morgan fingerprint density at radius 2 is 0.972 bits per heavy atom. The van der Waals surface area contributed by atoms with Gasteiger partial charge < -0.3 is 9.80 Å². The molecule has 2 aliphatic carbocycles. The molecule has 1 spiro atoms. The maximum atomic E-state index is 2.35. The molecular weight excluding hydrogens is 436 g/mol. The summed E-state index contributed by atoms with van der Waals surface area (Å²) in [6.45, 7) is 0. The Kier molecular flexibility index (Phi) is 4.44. The number of nitrogens with zero attached hydrogens (tertiary/aromatic N) is 2. The van der Waals surface area contributed by atoms with Crippen molar-refractivity contribution in [2.45, 2.75) is 5.41 Å². The predicted octanol–water partition coefficient (Wildman–Crippen LogP) is 7.86. The van der Waals surface area contributed by atoms with Crippen molar-refractivity contribution in [3.8, 4) is 22.3 Å². The minimum Gasteiger partial charge on any atom is -0.378 e. The second kappa shape index (κ2) is 7.60. The van der Waals surface area contributed by atoms with Crippen LogP contribution in [0.3, 0.4) is 0 Å². The first-order valence-corrected chi connectivity index (χ1v) is 12.6. The summed E-state index contributed by atoms with van der Waals surface area (Å²) in [5.74, 6) is 0. The van der Waals surface area contributed by atoms with Gasteiger partial charge in [-0.15, -0.1) is 0 Å². The molecule has 0 aromatic heterocycles. The minimum atomic E-state index is -0.304. The molecule has 0 radical (unpaired) electrons. The van der Waals surface area contributed by atoms with Crippen LogP contribution in [0.2, 0.25) is 0 Å². The van der Waals surface area contributed by atoms with Crippen molar-refractivity contribution in [1.82, 2.24) is 0 Å². The first kappa shape index (κ1) is 21.0. The summed E-state index contributed by atoms with van der Waals surface area (Å²) in [7, 11) is 6.37. The van der Waals surface area contributed by atoms with E-state index in [9.17, 15) is 0 Å². The lowest BCUT2D eigenvalue weighted by atomic mass is 9.70. The first-order chi connectivity index (χ1) is 17.6. The number of fused-ring (bicyclic) bond motifs is 10. The van der Waals surface area contributed by atoms with Crippen LogP contribution in [-0.2, 0) is 5.41 Å². The largest absolute Gasteiger partial charge is 0.378 e. The van der Waals surface area contributed by atoms with Gasteiger partial charge in [0.1, 0.15) is 0 Å². The molecule has 36 heavy (non-hydrogen) atoms. The summed E-state index contributed by atoms with van der Waals surface area (Å²) in [5, 5.41) is 0. The molecule has 0 saturated heterocycles. The van der Waals surface area contributed by atoms with Crippen molar-refractivity contribution >= 4 is 17.1 Å². The molecule has 7 rings (SSSR count). The van der Waals surface area contributed by atoms with Gasteiger partial charge in [-0.25, -0.2) is 0 Å². The lowest BCUT2D eigenvalue weighted by molar-refractivity contribution is 0.793. The molecule has 2 nitrogen and oxygen atoms in total. The van der Waals surface area contributed by atoms with Crippen LogP contribution in [0.5, 0.6) is 0 Å². The van der Waals surface area contributed by atoms with Crippen LogP contribution in [0.15, 0.2) is 115 Å². The van der Waals surface area contributed by atoms with Gasteiger partial charge in [-0.2, -0.15) is 0 Å². The van der Waals surface area contributed by atoms with Crippen LogP contribution in [0, 0.1) is 0 Å². The van der Waals surface area contributed by atoms with E-state index in [2.05, 4.69) is 146 Å². The molecule has 0 amide bonds. The average molecular weight is 465 g/mol. The number of anilines is 3. The monoisotopic (exact) mass is 464 g/mol. The first-order valence-electron chi connectivity index (χ1n) is 12.6.